The number of nitrogens with zero attached hydrogens (tertiary/aromatic N) is 4. The van der Waals surface area contributed by atoms with Crippen LogP contribution in [-0.4, -0.2) is 45.0 Å². The fourth-order valence-electron chi connectivity index (χ4n) is 3.43. The monoisotopic (exact) mass is 394 g/mol. The highest BCUT2D eigenvalue weighted by Gasteiger charge is 2.22. The van der Waals surface area contributed by atoms with Gasteiger partial charge in [-0.25, -0.2) is 0 Å². The van der Waals surface area contributed by atoms with Crippen LogP contribution in [0, 0.1) is 0 Å². The number of fused-ring (bicyclic) bond motifs is 1. The van der Waals surface area contributed by atoms with Gasteiger partial charge in [0.25, 0.3) is 0 Å². The summed E-state index contributed by atoms with van der Waals surface area (Å²) in [5.41, 5.74) is 3.46. The van der Waals surface area contributed by atoms with Crippen molar-refractivity contribution in [1.82, 2.24) is 19.7 Å². The molecule has 0 spiro atoms. The maximum atomic E-state index is 12.7. The summed E-state index contributed by atoms with van der Waals surface area (Å²) in [6, 6.07) is 16.0. The van der Waals surface area contributed by atoms with Gasteiger partial charge in [0, 0.05) is 20.1 Å². The molecule has 0 atom stereocenters. The zero-order valence-corrected chi connectivity index (χ0v) is 16.8. The Balaban J connectivity index is 1.43. The van der Waals surface area contributed by atoms with Crippen LogP contribution in [0.5, 0.6) is 5.75 Å². The van der Waals surface area contributed by atoms with Crippen LogP contribution in [0.2, 0.25) is 0 Å². The quantitative estimate of drug-likeness (QED) is 0.622. The molecule has 2 aromatic carbocycles. The number of para-hydroxylation sites is 1. The number of ether oxygens (including phenoxy) is 1. The lowest BCUT2D eigenvalue weighted by atomic mass is 10.00. The normalized spacial score (nSPS) is 13.3. The average Bonchev–Trinajstić information content (AvgIpc) is 3.11. The Kier molecular flexibility index (Phi) is 5.34. The minimum absolute atomic E-state index is 0.126. The molecular formula is C21H22N4O2S. The van der Waals surface area contributed by atoms with Crippen LogP contribution in [0.15, 0.2) is 53.7 Å². The highest BCUT2D eigenvalue weighted by atomic mass is 32.2. The van der Waals surface area contributed by atoms with Gasteiger partial charge < -0.3 is 14.2 Å². The van der Waals surface area contributed by atoms with E-state index in [2.05, 4.69) is 28.4 Å². The predicted molar refractivity (Wildman–Crippen MR) is 109 cm³/mol. The predicted octanol–water partition coefficient (Wildman–Crippen LogP) is 3.17. The number of thioether (sulfide) groups is 1. The van der Waals surface area contributed by atoms with E-state index >= 15 is 0 Å². The summed E-state index contributed by atoms with van der Waals surface area (Å²) in [6.07, 6.45) is 0.911. The third-order valence-corrected chi connectivity index (χ3v) is 6.00. The Hall–Kier alpha value is -2.80. The molecule has 1 aliphatic rings. The number of benzene rings is 2. The van der Waals surface area contributed by atoms with E-state index in [-0.39, 0.29) is 5.91 Å². The molecule has 1 amide bonds. The molecule has 2 heterocycles. The van der Waals surface area contributed by atoms with Crippen molar-refractivity contribution in [3.63, 3.8) is 0 Å². The summed E-state index contributed by atoms with van der Waals surface area (Å²) < 4.78 is 7.33. The van der Waals surface area contributed by atoms with E-state index in [1.807, 2.05) is 46.8 Å². The van der Waals surface area contributed by atoms with Crippen LogP contribution in [0.4, 0.5) is 0 Å². The van der Waals surface area contributed by atoms with Crippen LogP contribution < -0.4 is 4.74 Å². The van der Waals surface area contributed by atoms with Crippen molar-refractivity contribution in [3.05, 3.63) is 59.7 Å². The first kappa shape index (κ1) is 18.6. The molecule has 0 saturated heterocycles. The van der Waals surface area contributed by atoms with Crippen LogP contribution in [-0.2, 0) is 24.8 Å². The number of aromatic nitrogens is 3. The van der Waals surface area contributed by atoms with Gasteiger partial charge in [-0.15, -0.1) is 10.2 Å². The van der Waals surface area contributed by atoms with Crippen molar-refractivity contribution in [3.8, 4) is 17.1 Å². The second-order valence-corrected chi connectivity index (χ2v) is 7.63. The standard InChI is InChI=1S/C21H22N4O2S/c1-24-20(17-9-5-6-10-18(17)27-2)22-23-21(24)28-14-19(26)25-12-11-15-7-3-4-8-16(15)13-25/h3-10H,11-14H2,1-2H3. The van der Waals surface area contributed by atoms with Crippen LogP contribution >= 0.6 is 11.8 Å². The fourth-order valence-corrected chi connectivity index (χ4v) is 4.24. The minimum Gasteiger partial charge on any atom is -0.496 e. The molecule has 1 aliphatic heterocycles. The number of carbonyl (C=O) groups excluding carboxylic acids is 1. The molecule has 7 heteroatoms. The van der Waals surface area contributed by atoms with Gasteiger partial charge in [0.1, 0.15) is 5.75 Å². The van der Waals surface area contributed by atoms with E-state index in [9.17, 15) is 4.79 Å². The minimum atomic E-state index is 0.126. The summed E-state index contributed by atoms with van der Waals surface area (Å²) in [5.74, 6) is 1.94. The molecule has 28 heavy (non-hydrogen) atoms. The first-order chi connectivity index (χ1) is 13.7. The van der Waals surface area contributed by atoms with Crippen molar-refractivity contribution in [2.45, 2.75) is 18.1 Å². The van der Waals surface area contributed by atoms with Crippen molar-refractivity contribution in [2.24, 2.45) is 7.05 Å². The molecule has 0 unspecified atom stereocenters. The molecule has 4 rings (SSSR count). The molecule has 0 fully saturated rings. The lowest BCUT2D eigenvalue weighted by Crippen LogP contribution is -2.37. The highest BCUT2D eigenvalue weighted by molar-refractivity contribution is 7.99. The summed E-state index contributed by atoms with van der Waals surface area (Å²) in [5, 5.41) is 9.29. The Bertz CT molecular complexity index is 1000. The first-order valence-electron chi connectivity index (χ1n) is 9.17. The summed E-state index contributed by atoms with van der Waals surface area (Å²) >= 11 is 1.42. The number of amides is 1. The van der Waals surface area contributed by atoms with E-state index in [0.717, 1.165) is 30.1 Å². The fraction of sp³-hybridized carbons (Fsp3) is 0.286. The first-order valence-corrected chi connectivity index (χ1v) is 10.2. The van der Waals surface area contributed by atoms with Gasteiger partial charge in [0.15, 0.2) is 11.0 Å². The second-order valence-electron chi connectivity index (χ2n) is 6.69. The summed E-state index contributed by atoms with van der Waals surface area (Å²) in [6.45, 7) is 1.45. The molecule has 0 bridgehead atoms. The molecule has 0 saturated carbocycles. The molecule has 3 aromatic rings. The largest absolute Gasteiger partial charge is 0.496 e. The number of rotatable bonds is 5. The van der Waals surface area contributed by atoms with Crippen molar-refractivity contribution < 1.29 is 9.53 Å². The average molecular weight is 395 g/mol. The van der Waals surface area contributed by atoms with E-state index < -0.39 is 0 Å². The molecule has 144 valence electrons. The molecule has 0 N–H and O–H groups in total. The third kappa shape index (κ3) is 3.62. The molecule has 0 aliphatic carbocycles. The molecular weight excluding hydrogens is 372 g/mol. The maximum absolute atomic E-state index is 12.7. The smallest absolute Gasteiger partial charge is 0.233 e. The number of methoxy groups -OCH3 is 1. The second kappa shape index (κ2) is 8.06. The van der Waals surface area contributed by atoms with Crippen LogP contribution in [0.3, 0.4) is 0 Å². The Morgan fingerprint density at radius 2 is 1.86 bits per heavy atom. The zero-order valence-electron chi connectivity index (χ0n) is 16.0. The number of hydrogen-bond acceptors (Lipinski definition) is 5. The molecule has 0 radical (unpaired) electrons. The van der Waals surface area contributed by atoms with E-state index in [1.165, 1.54) is 22.9 Å². The van der Waals surface area contributed by atoms with Gasteiger partial charge in [-0.05, 0) is 29.7 Å². The van der Waals surface area contributed by atoms with Crippen LogP contribution in [0.25, 0.3) is 11.4 Å². The van der Waals surface area contributed by atoms with Crippen molar-refractivity contribution in [1.29, 1.82) is 0 Å². The van der Waals surface area contributed by atoms with Gasteiger partial charge in [-0.3, -0.25) is 4.79 Å². The lowest BCUT2D eigenvalue weighted by molar-refractivity contribution is -0.129. The SMILES string of the molecule is COc1ccccc1-c1nnc(SCC(=O)N2CCc3ccccc3C2)n1C. The molecule has 6 nitrogen and oxygen atoms in total. The number of carbonyl (C=O) groups is 1. The third-order valence-electron chi connectivity index (χ3n) is 4.99. The van der Waals surface area contributed by atoms with E-state index in [0.29, 0.717) is 17.5 Å². The lowest BCUT2D eigenvalue weighted by Gasteiger charge is -2.28. The zero-order chi connectivity index (χ0) is 19.5. The topological polar surface area (TPSA) is 60.3 Å². The van der Waals surface area contributed by atoms with Gasteiger partial charge in [-0.2, -0.15) is 0 Å². The summed E-state index contributed by atoms with van der Waals surface area (Å²) in [7, 11) is 3.55. The van der Waals surface area contributed by atoms with Gasteiger partial charge >= 0.3 is 0 Å². The van der Waals surface area contributed by atoms with E-state index in [1.54, 1.807) is 7.11 Å². The van der Waals surface area contributed by atoms with Crippen molar-refractivity contribution >= 4 is 17.7 Å². The highest BCUT2D eigenvalue weighted by Crippen LogP contribution is 2.30. The van der Waals surface area contributed by atoms with E-state index in [4.69, 9.17) is 4.74 Å². The maximum Gasteiger partial charge on any atom is 0.233 e. The Labute approximate surface area is 168 Å². The van der Waals surface area contributed by atoms with Gasteiger partial charge in [-0.1, -0.05) is 48.2 Å². The Morgan fingerprint density at radius 3 is 2.68 bits per heavy atom. The van der Waals surface area contributed by atoms with Gasteiger partial charge in [0.2, 0.25) is 5.91 Å². The van der Waals surface area contributed by atoms with Crippen LogP contribution in [0.1, 0.15) is 11.1 Å². The Morgan fingerprint density at radius 1 is 1.11 bits per heavy atom. The number of hydrogen-bond donors (Lipinski definition) is 0. The van der Waals surface area contributed by atoms with Gasteiger partial charge in [0.05, 0.1) is 18.4 Å². The molecule has 1 aromatic heterocycles. The van der Waals surface area contributed by atoms with Crippen molar-refractivity contribution in [2.75, 3.05) is 19.4 Å². The summed E-state index contributed by atoms with van der Waals surface area (Å²) in [4.78, 5) is 14.6.